The summed E-state index contributed by atoms with van der Waals surface area (Å²) in [6.45, 7) is 2.18. The van der Waals surface area contributed by atoms with Gasteiger partial charge in [0.25, 0.3) is 0 Å². The number of nitrogens with one attached hydrogen (secondary N) is 1. The van der Waals surface area contributed by atoms with E-state index in [4.69, 9.17) is 5.73 Å². The molecule has 6 heteroatoms. The predicted octanol–water partition coefficient (Wildman–Crippen LogP) is 0.897. The fraction of sp³-hybridized carbons (Fsp3) is 0.462. The van der Waals surface area contributed by atoms with Crippen LogP contribution in [0.1, 0.15) is 12.0 Å². The lowest BCUT2D eigenvalue weighted by molar-refractivity contribution is -0.122. The first kappa shape index (κ1) is 15.9. The van der Waals surface area contributed by atoms with Gasteiger partial charge in [0.1, 0.15) is 5.82 Å². The van der Waals surface area contributed by atoms with Crippen LogP contribution >= 0.6 is 12.4 Å². The molecule has 1 aromatic rings. The summed E-state index contributed by atoms with van der Waals surface area (Å²) in [6, 6.07) is 6.61. The number of amides is 1. The molecule has 0 bridgehead atoms. The molecule has 1 heterocycles. The van der Waals surface area contributed by atoms with Gasteiger partial charge in [-0.05, 0) is 12.5 Å². The topological polar surface area (TPSA) is 58.4 Å². The molecule has 1 saturated heterocycles. The van der Waals surface area contributed by atoms with Gasteiger partial charge in [-0.3, -0.25) is 9.69 Å². The largest absolute Gasteiger partial charge is 0.351 e. The maximum Gasteiger partial charge on any atom is 0.234 e. The number of carbonyl (C=O) groups is 1. The number of hydrogen-bond donors (Lipinski definition) is 2. The molecule has 0 radical (unpaired) electrons. The van der Waals surface area contributed by atoms with Gasteiger partial charge in [-0.2, -0.15) is 0 Å². The third-order valence-corrected chi connectivity index (χ3v) is 3.11. The molecule has 3 N–H and O–H groups in total. The highest BCUT2D eigenvalue weighted by Gasteiger charge is 2.20. The van der Waals surface area contributed by atoms with Crippen molar-refractivity contribution in [1.29, 1.82) is 0 Å². The number of likely N-dealkylation sites (tertiary alicyclic amines) is 1. The van der Waals surface area contributed by atoms with E-state index in [0.29, 0.717) is 12.1 Å². The quantitative estimate of drug-likeness (QED) is 0.865. The van der Waals surface area contributed by atoms with Crippen molar-refractivity contribution in [3.05, 3.63) is 35.6 Å². The fourth-order valence-corrected chi connectivity index (χ4v) is 2.10. The molecule has 1 amide bonds. The Morgan fingerprint density at radius 3 is 2.84 bits per heavy atom. The van der Waals surface area contributed by atoms with Crippen molar-refractivity contribution in [3.8, 4) is 0 Å². The predicted molar refractivity (Wildman–Crippen MR) is 74.5 cm³/mol. The van der Waals surface area contributed by atoms with Crippen LogP contribution in [0.2, 0.25) is 0 Å². The van der Waals surface area contributed by atoms with Gasteiger partial charge in [0.15, 0.2) is 0 Å². The third-order valence-electron chi connectivity index (χ3n) is 3.11. The van der Waals surface area contributed by atoms with E-state index >= 15 is 0 Å². The number of carbonyl (C=O) groups excluding carboxylic acids is 1. The van der Waals surface area contributed by atoms with Crippen LogP contribution in [0.25, 0.3) is 0 Å². The molecule has 4 nitrogen and oxygen atoms in total. The first-order valence-electron chi connectivity index (χ1n) is 6.13. The Morgan fingerprint density at radius 1 is 1.47 bits per heavy atom. The minimum Gasteiger partial charge on any atom is -0.351 e. The van der Waals surface area contributed by atoms with Crippen molar-refractivity contribution in [1.82, 2.24) is 10.2 Å². The normalized spacial score (nSPS) is 18.9. The van der Waals surface area contributed by atoms with Crippen LogP contribution in [0, 0.1) is 5.82 Å². The Balaban J connectivity index is 0.00000180. The zero-order valence-electron chi connectivity index (χ0n) is 10.6. The third kappa shape index (κ3) is 4.78. The number of benzene rings is 1. The van der Waals surface area contributed by atoms with Crippen LogP contribution in [-0.2, 0) is 11.3 Å². The Bertz CT molecular complexity index is 430. The molecular formula is C13H19ClFN3O. The van der Waals surface area contributed by atoms with Gasteiger partial charge in [-0.1, -0.05) is 18.2 Å². The Labute approximate surface area is 118 Å². The van der Waals surface area contributed by atoms with E-state index in [1.165, 1.54) is 6.07 Å². The van der Waals surface area contributed by atoms with E-state index in [9.17, 15) is 9.18 Å². The van der Waals surface area contributed by atoms with Gasteiger partial charge in [0.2, 0.25) is 5.91 Å². The molecule has 106 valence electrons. The van der Waals surface area contributed by atoms with Gasteiger partial charge in [0, 0.05) is 31.2 Å². The van der Waals surface area contributed by atoms with Gasteiger partial charge >= 0.3 is 0 Å². The molecule has 1 fully saturated rings. The maximum atomic E-state index is 13.3. The van der Waals surface area contributed by atoms with Crippen LogP contribution in [0.5, 0.6) is 0 Å². The average Bonchev–Trinajstić information content (AvgIpc) is 2.74. The second kappa shape index (κ2) is 7.43. The fourth-order valence-electron chi connectivity index (χ4n) is 2.10. The SMILES string of the molecule is Cl.NC1CCN(CC(=O)NCc2ccccc2F)C1. The number of rotatable bonds is 4. The first-order valence-corrected chi connectivity index (χ1v) is 6.13. The van der Waals surface area contributed by atoms with E-state index in [2.05, 4.69) is 5.32 Å². The van der Waals surface area contributed by atoms with Crippen molar-refractivity contribution < 1.29 is 9.18 Å². The standard InChI is InChI=1S/C13H18FN3O.ClH/c14-12-4-2-1-3-10(12)7-16-13(18)9-17-6-5-11(15)8-17;/h1-4,11H,5-9,15H2,(H,16,18);1H. The maximum absolute atomic E-state index is 13.3. The molecule has 1 unspecified atom stereocenters. The smallest absolute Gasteiger partial charge is 0.234 e. The van der Waals surface area contributed by atoms with Gasteiger partial charge < -0.3 is 11.1 Å². The van der Waals surface area contributed by atoms with Crippen molar-refractivity contribution in [2.24, 2.45) is 5.73 Å². The molecule has 0 aliphatic carbocycles. The Kier molecular flexibility index (Phi) is 6.21. The molecule has 0 saturated carbocycles. The zero-order chi connectivity index (χ0) is 13.0. The summed E-state index contributed by atoms with van der Waals surface area (Å²) >= 11 is 0. The summed E-state index contributed by atoms with van der Waals surface area (Å²) in [5.41, 5.74) is 6.27. The van der Waals surface area contributed by atoms with E-state index in [1.54, 1.807) is 18.2 Å². The van der Waals surface area contributed by atoms with Crippen LogP contribution in [-0.4, -0.2) is 36.5 Å². The van der Waals surface area contributed by atoms with Crippen LogP contribution in [0.3, 0.4) is 0 Å². The number of nitrogens with two attached hydrogens (primary N) is 1. The lowest BCUT2D eigenvalue weighted by atomic mass is 10.2. The van der Waals surface area contributed by atoms with Gasteiger partial charge in [-0.15, -0.1) is 12.4 Å². The van der Waals surface area contributed by atoms with Crippen molar-refractivity contribution in [3.63, 3.8) is 0 Å². The molecule has 2 rings (SSSR count). The summed E-state index contributed by atoms with van der Waals surface area (Å²) in [6.07, 6.45) is 0.931. The second-order valence-corrected chi connectivity index (χ2v) is 4.65. The monoisotopic (exact) mass is 287 g/mol. The second-order valence-electron chi connectivity index (χ2n) is 4.65. The molecule has 1 aliphatic rings. The summed E-state index contributed by atoms with van der Waals surface area (Å²) in [4.78, 5) is 13.7. The van der Waals surface area contributed by atoms with E-state index in [1.807, 2.05) is 4.90 Å². The number of halogens is 2. The molecule has 0 aromatic heterocycles. The minimum atomic E-state index is -0.291. The average molecular weight is 288 g/mol. The zero-order valence-corrected chi connectivity index (χ0v) is 11.5. The summed E-state index contributed by atoms with van der Waals surface area (Å²) in [7, 11) is 0. The summed E-state index contributed by atoms with van der Waals surface area (Å²) < 4.78 is 13.3. The van der Waals surface area contributed by atoms with Gasteiger partial charge in [-0.25, -0.2) is 4.39 Å². The number of hydrogen-bond acceptors (Lipinski definition) is 3. The lowest BCUT2D eigenvalue weighted by Gasteiger charge is -2.14. The molecule has 1 aliphatic heterocycles. The Morgan fingerprint density at radius 2 is 2.21 bits per heavy atom. The van der Waals surface area contributed by atoms with Crippen LogP contribution in [0.4, 0.5) is 4.39 Å². The minimum absolute atomic E-state index is 0. The number of nitrogens with zero attached hydrogens (tertiary/aromatic N) is 1. The van der Waals surface area contributed by atoms with Crippen LogP contribution < -0.4 is 11.1 Å². The lowest BCUT2D eigenvalue weighted by Crippen LogP contribution is -2.37. The highest BCUT2D eigenvalue weighted by molar-refractivity contribution is 5.85. The van der Waals surface area contributed by atoms with Crippen molar-refractivity contribution in [2.75, 3.05) is 19.6 Å². The molecular weight excluding hydrogens is 269 g/mol. The van der Waals surface area contributed by atoms with Crippen molar-refractivity contribution >= 4 is 18.3 Å². The van der Waals surface area contributed by atoms with Crippen molar-refractivity contribution in [2.45, 2.75) is 19.0 Å². The van der Waals surface area contributed by atoms with Gasteiger partial charge in [0.05, 0.1) is 6.54 Å². The summed E-state index contributed by atoms with van der Waals surface area (Å²) in [5, 5.41) is 2.72. The Hall–Kier alpha value is -1.17. The first-order chi connectivity index (χ1) is 8.65. The molecule has 0 spiro atoms. The highest BCUT2D eigenvalue weighted by atomic mass is 35.5. The molecule has 1 aromatic carbocycles. The van der Waals surface area contributed by atoms with Crippen LogP contribution in [0.15, 0.2) is 24.3 Å². The summed E-state index contributed by atoms with van der Waals surface area (Å²) in [5.74, 6) is -0.381. The molecule has 19 heavy (non-hydrogen) atoms. The van der Waals surface area contributed by atoms with E-state index in [-0.39, 0.29) is 36.7 Å². The van der Waals surface area contributed by atoms with E-state index in [0.717, 1.165) is 19.5 Å². The molecule has 1 atom stereocenters. The highest BCUT2D eigenvalue weighted by Crippen LogP contribution is 2.07. The van der Waals surface area contributed by atoms with E-state index < -0.39 is 0 Å².